The predicted molar refractivity (Wildman–Crippen MR) is 99.6 cm³/mol. The standard InChI is InChI=1S/C22H13NO2/c24-22-20-18-8-4-3-6-15(18)11-12-19(20)23(25)21(22)17-10-9-14-5-1-2-7-16(14)13-17/h1-13H. The van der Waals surface area contributed by atoms with Crippen LogP contribution in [0.1, 0.15) is 15.9 Å². The third-order valence-electron chi connectivity index (χ3n) is 4.79. The van der Waals surface area contributed by atoms with Crippen molar-refractivity contribution in [1.29, 1.82) is 0 Å². The maximum Gasteiger partial charge on any atom is 0.272 e. The highest BCUT2D eigenvalue weighted by Crippen LogP contribution is 2.34. The van der Waals surface area contributed by atoms with Gasteiger partial charge in [-0.1, -0.05) is 54.6 Å². The third-order valence-corrected chi connectivity index (χ3v) is 4.79. The molecule has 3 heteroatoms. The van der Waals surface area contributed by atoms with Gasteiger partial charge in [-0.3, -0.25) is 4.79 Å². The SMILES string of the molecule is O=C1C(c2ccc3ccccc3c2)=[N+]([O-])c2ccc3ccccc3c21. The lowest BCUT2D eigenvalue weighted by atomic mass is 9.96. The summed E-state index contributed by atoms with van der Waals surface area (Å²) in [6.07, 6.45) is 0. The molecule has 3 nitrogen and oxygen atoms in total. The summed E-state index contributed by atoms with van der Waals surface area (Å²) in [5.41, 5.74) is 1.76. The Bertz CT molecular complexity index is 1220. The molecule has 0 amide bonds. The maximum absolute atomic E-state index is 13.1. The van der Waals surface area contributed by atoms with Crippen LogP contribution in [-0.2, 0) is 0 Å². The van der Waals surface area contributed by atoms with Gasteiger partial charge in [0.05, 0.1) is 5.56 Å². The number of ketones is 1. The van der Waals surface area contributed by atoms with Gasteiger partial charge in [-0.2, -0.15) is 4.74 Å². The molecule has 0 fully saturated rings. The van der Waals surface area contributed by atoms with Gasteiger partial charge in [0.25, 0.3) is 11.5 Å². The fourth-order valence-electron chi connectivity index (χ4n) is 3.58. The fourth-order valence-corrected chi connectivity index (χ4v) is 3.58. The van der Waals surface area contributed by atoms with Crippen molar-refractivity contribution in [2.75, 3.05) is 0 Å². The van der Waals surface area contributed by atoms with Crippen LogP contribution < -0.4 is 0 Å². The molecule has 0 bridgehead atoms. The second-order valence-corrected chi connectivity index (χ2v) is 6.21. The lowest BCUT2D eigenvalue weighted by Crippen LogP contribution is -2.16. The van der Waals surface area contributed by atoms with Gasteiger partial charge in [-0.25, -0.2) is 0 Å². The van der Waals surface area contributed by atoms with E-state index in [1.165, 1.54) is 0 Å². The van der Waals surface area contributed by atoms with Gasteiger partial charge in [0, 0.05) is 6.07 Å². The summed E-state index contributed by atoms with van der Waals surface area (Å²) in [7, 11) is 0. The molecule has 25 heavy (non-hydrogen) atoms. The van der Waals surface area contributed by atoms with Crippen molar-refractivity contribution in [3.63, 3.8) is 0 Å². The summed E-state index contributed by atoms with van der Waals surface area (Å²) in [6.45, 7) is 0. The molecule has 0 radical (unpaired) electrons. The summed E-state index contributed by atoms with van der Waals surface area (Å²) in [4.78, 5) is 13.1. The van der Waals surface area contributed by atoms with E-state index in [1.54, 1.807) is 6.07 Å². The number of rotatable bonds is 1. The van der Waals surface area contributed by atoms with E-state index in [1.807, 2.05) is 72.8 Å². The molecule has 4 aromatic rings. The Morgan fingerprint density at radius 1 is 0.720 bits per heavy atom. The van der Waals surface area contributed by atoms with E-state index in [0.29, 0.717) is 16.8 Å². The molecule has 1 aliphatic heterocycles. The molecule has 0 N–H and O–H groups in total. The first-order chi connectivity index (χ1) is 12.2. The summed E-state index contributed by atoms with van der Waals surface area (Å²) in [5, 5.41) is 16.7. The Morgan fingerprint density at radius 3 is 2.24 bits per heavy atom. The highest BCUT2D eigenvalue weighted by atomic mass is 16.5. The van der Waals surface area contributed by atoms with Gasteiger partial charge < -0.3 is 5.21 Å². The van der Waals surface area contributed by atoms with Crippen LogP contribution in [0.15, 0.2) is 78.9 Å². The number of fused-ring (bicyclic) bond motifs is 4. The van der Waals surface area contributed by atoms with Crippen LogP contribution in [0.4, 0.5) is 5.69 Å². The predicted octanol–water partition coefficient (Wildman–Crippen LogP) is 4.82. The Kier molecular flexibility index (Phi) is 2.80. The van der Waals surface area contributed by atoms with Crippen molar-refractivity contribution in [3.05, 3.63) is 95.2 Å². The second-order valence-electron chi connectivity index (χ2n) is 6.21. The Labute approximate surface area is 144 Å². The van der Waals surface area contributed by atoms with Gasteiger partial charge in [0.1, 0.15) is 5.56 Å². The van der Waals surface area contributed by atoms with Crippen LogP contribution in [0, 0.1) is 5.21 Å². The van der Waals surface area contributed by atoms with Crippen molar-refractivity contribution >= 4 is 38.7 Å². The quantitative estimate of drug-likeness (QED) is 0.372. The molecular weight excluding hydrogens is 310 g/mol. The molecule has 1 heterocycles. The minimum Gasteiger partial charge on any atom is -0.618 e. The summed E-state index contributed by atoms with van der Waals surface area (Å²) >= 11 is 0. The van der Waals surface area contributed by atoms with Crippen molar-refractivity contribution < 1.29 is 9.53 Å². The van der Waals surface area contributed by atoms with E-state index in [4.69, 9.17) is 0 Å². The normalized spacial score (nSPS) is 13.7. The number of hydrogen-bond donors (Lipinski definition) is 0. The van der Waals surface area contributed by atoms with Crippen LogP contribution in [0.2, 0.25) is 0 Å². The van der Waals surface area contributed by atoms with Crippen LogP contribution in [0.3, 0.4) is 0 Å². The average molecular weight is 323 g/mol. The van der Waals surface area contributed by atoms with Gasteiger partial charge in [-0.15, -0.1) is 0 Å². The number of Topliss-reactive ketones (excluding diaryl/α,β-unsaturated/α-hetero) is 1. The van der Waals surface area contributed by atoms with Crippen LogP contribution in [0.25, 0.3) is 21.5 Å². The van der Waals surface area contributed by atoms with Crippen molar-refractivity contribution in [2.45, 2.75) is 0 Å². The van der Waals surface area contributed by atoms with Gasteiger partial charge >= 0.3 is 0 Å². The molecule has 5 rings (SSSR count). The first-order valence-electron chi connectivity index (χ1n) is 8.14. The molecule has 0 saturated heterocycles. The fraction of sp³-hybridized carbons (Fsp3) is 0. The summed E-state index contributed by atoms with van der Waals surface area (Å²) in [5.74, 6) is -0.211. The van der Waals surface area contributed by atoms with Crippen LogP contribution >= 0.6 is 0 Å². The van der Waals surface area contributed by atoms with Crippen molar-refractivity contribution in [3.8, 4) is 0 Å². The highest BCUT2D eigenvalue weighted by molar-refractivity contribution is 6.54. The summed E-state index contributed by atoms with van der Waals surface area (Å²) in [6, 6.07) is 24.9. The monoisotopic (exact) mass is 323 g/mol. The molecule has 0 aromatic heterocycles. The number of carbonyl (C=O) groups excluding carboxylic acids is 1. The van der Waals surface area contributed by atoms with E-state index in [0.717, 1.165) is 26.3 Å². The zero-order valence-electron chi connectivity index (χ0n) is 13.3. The lowest BCUT2D eigenvalue weighted by Gasteiger charge is -2.04. The molecule has 0 aliphatic carbocycles. The largest absolute Gasteiger partial charge is 0.618 e. The molecular formula is C22H13NO2. The molecule has 0 atom stereocenters. The molecule has 0 saturated carbocycles. The molecule has 4 aromatic carbocycles. The number of hydrogen-bond acceptors (Lipinski definition) is 2. The lowest BCUT2D eigenvalue weighted by molar-refractivity contribution is -0.355. The molecule has 118 valence electrons. The van der Waals surface area contributed by atoms with E-state index in [9.17, 15) is 10.0 Å². The third kappa shape index (κ3) is 1.93. The molecule has 0 spiro atoms. The van der Waals surface area contributed by atoms with Gasteiger partial charge in [0.15, 0.2) is 0 Å². The molecule has 1 aliphatic rings. The highest BCUT2D eigenvalue weighted by Gasteiger charge is 2.38. The Morgan fingerprint density at radius 2 is 1.40 bits per heavy atom. The minimum atomic E-state index is -0.211. The van der Waals surface area contributed by atoms with E-state index in [2.05, 4.69) is 0 Å². The maximum atomic E-state index is 13.1. The van der Waals surface area contributed by atoms with Crippen LogP contribution in [-0.4, -0.2) is 16.2 Å². The van der Waals surface area contributed by atoms with Gasteiger partial charge in [0.2, 0.25) is 5.69 Å². The van der Waals surface area contributed by atoms with Crippen molar-refractivity contribution in [1.82, 2.24) is 0 Å². The number of nitrogens with zero attached hydrogens (tertiary/aromatic N) is 1. The zero-order valence-corrected chi connectivity index (χ0v) is 13.3. The summed E-state index contributed by atoms with van der Waals surface area (Å²) < 4.78 is 0.772. The Hall–Kier alpha value is -3.46. The molecule has 0 unspecified atom stereocenters. The smallest absolute Gasteiger partial charge is 0.272 e. The minimum absolute atomic E-state index is 0.192. The van der Waals surface area contributed by atoms with E-state index in [-0.39, 0.29) is 11.5 Å². The van der Waals surface area contributed by atoms with E-state index >= 15 is 0 Å². The Balaban J connectivity index is 1.75. The number of benzene rings is 4. The first kappa shape index (κ1) is 13.9. The number of carbonyl (C=O) groups is 1. The average Bonchev–Trinajstić information content (AvgIpc) is 2.92. The zero-order chi connectivity index (χ0) is 17.0. The van der Waals surface area contributed by atoms with Gasteiger partial charge in [-0.05, 0) is 39.7 Å². The second kappa shape index (κ2) is 5.02. The van der Waals surface area contributed by atoms with E-state index < -0.39 is 0 Å². The van der Waals surface area contributed by atoms with Crippen molar-refractivity contribution in [2.24, 2.45) is 0 Å². The van der Waals surface area contributed by atoms with Crippen LogP contribution in [0.5, 0.6) is 0 Å². The first-order valence-corrected chi connectivity index (χ1v) is 8.14. The topological polar surface area (TPSA) is 43.1 Å².